The van der Waals surface area contributed by atoms with Crippen molar-refractivity contribution in [1.29, 1.82) is 0 Å². The molecule has 4 nitrogen and oxygen atoms in total. The summed E-state index contributed by atoms with van der Waals surface area (Å²) < 4.78 is 0. The molecule has 1 fully saturated rings. The number of nitrogens with one attached hydrogen (secondary N) is 2. The summed E-state index contributed by atoms with van der Waals surface area (Å²) in [6, 6.07) is 10.5. The maximum Gasteiger partial charge on any atom is 0.191 e. The molecule has 0 aliphatic carbocycles. The lowest BCUT2D eigenvalue weighted by Crippen LogP contribution is -2.43. The van der Waals surface area contributed by atoms with E-state index in [9.17, 15) is 0 Å². The van der Waals surface area contributed by atoms with Gasteiger partial charge in [0.1, 0.15) is 0 Å². The van der Waals surface area contributed by atoms with Gasteiger partial charge in [0.05, 0.1) is 0 Å². The first kappa shape index (κ1) is 20.2. The third-order valence-electron chi connectivity index (χ3n) is 4.37. The highest BCUT2D eigenvalue weighted by molar-refractivity contribution is 14.0. The summed E-state index contributed by atoms with van der Waals surface area (Å²) in [6.07, 6.45) is 3.69. The lowest BCUT2D eigenvalue weighted by molar-refractivity contribution is 0.195. The maximum absolute atomic E-state index is 4.29. The van der Waals surface area contributed by atoms with E-state index in [2.05, 4.69) is 57.8 Å². The number of hydrogen-bond acceptors (Lipinski definition) is 2. The van der Waals surface area contributed by atoms with Crippen LogP contribution in [0.5, 0.6) is 0 Å². The summed E-state index contributed by atoms with van der Waals surface area (Å²) in [5, 5.41) is 6.79. The standard InChI is InChI=1S/C18H30N4.HI/c1-16-9-13-22(14-10-16)15-12-21-18(19-2)20-11-8-17-6-4-3-5-7-17;/h3-7,16H,8-15H2,1-2H3,(H2,19,20,21);1H. The summed E-state index contributed by atoms with van der Waals surface area (Å²) in [6.45, 7) is 7.80. The second kappa shape index (κ2) is 11.7. The summed E-state index contributed by atoms with van der Waals surface area (Å²) in [5.74, 6) is 1.80. The molecule has 0 spiro atoms. The van der Waals surface area contributed by atoms with E-state index in [0.29, 0.717) is 0 Å². The van der Waals surface area contributed by atoms with E-state index in [1.54, 1.807) is 0 Å². The first-order chi connectivity index (χ1) is 10.8. The third kappa shape index (κ3) is 8.01. The zero-order valence-corrected chi connectivity index (χ0v) is 16.8. The maximum atomic E-state index is 4.29. The van der Waals surface area contributed by atoms with Crippen LogP contribution in [0.3, 0.4) is 0 Å². The minimum absolute atomic E-state index is 0. The molecule has 2 rings (SSSR count). The van der Waals surface area contributed by atoms with Crippen LogP contribution in [0.4, 0.5) is 0 Å². The van der Waals surface area contributed by atoms with Gasteiger partial charge in [0.25, 0.3) is 0 Å². The molecule has 0 unspecified atom stereocenters. The monoisotopic (exact) mass is 430 g/mol. The molecule has 0 atom stereocenters. The van der Waals surface area contributed by atoms with E-state index < -0.39 is 0 Å². The van der Waals surface area contributed by atoms with Gasteiger partial charge in [-0.05, 0) is 43.8 Å². The normalized spacial score (nSPS) is 16.7. The minimum atomic E-state index is 0. The van der Waals surface area contributed by atoms with Crippen LogP contribution in [0.1, 0.15) is 25.3 Å². The topological polar surface area (TPSA) is 39.7 Å². The van der Waals surface area contributed by atoms with Crippen molar-refractivity contribution in [2.45, 2.75) is 26.2 Å². The van der Waals surface area contributed by atoms with Gasteiger partial charge in [-0.2, -0.15) is 0 Å². The average molecular weight is 430 g/mol. The van der Waals surface area contributed by atoms with Crippen molar-refractivity contribution >= 4 is 29.9 Å². The van der Waals surface area contributed by atoms with Gasteiger partial charge < -0.3 is 15.5 Å². The zero-order valence-electron chi connectivity index (χ0n) is 14.4. The molecule has 1 aromatic rings. The number of halogens is 1. The van der Waals surface area contributed by atoms with Crippen molar-refractivity contribution in [1.82, 2.24) is 15.5 Å². The molecule has 1 heterocycles. The highest BCUT2D eigenvalue weighted by atomic mass is 127. The first-order valence-electron chi connectivity index (χ1n) is 8.48. The fourth-order valence-corrected chi connectivity index (χ4v) is 2.81. The molecular weight excluding hydrogens is 399 g/mol. The molecule has 0 bridgehead atoms. The number of nitrogens with zero attached hydrogens (tertiary/aromatic N) is 2. The molecule has 0 saturated carbocycles. The Morgan fingerprint density at radius 1 is 1.13 bits per heavy atom. The number of aliphatic imine (C=N–C) groups is 1. The van der Waals surface area contributed by atoms with E-state index in [0.717, 1.165) is 37.9 Å². The van der Waals surface area contributed by atoms with Crippen LogP contribution in [0.25, 0.3) is 0 Å². The minimum Gasteiger partial charge on any atom is -0.356 e. The van der Waals surface area contributed by atoms with Gasteiger partial charge in [-0.25, -0.2) is 0 Å². The predicted octanol–water partition coefficient (Wildman–Crippen LogP) is 2.74. The SMILES string of the molecule is CN=C(NCCc1ccccc1)NCCN1CCC(C)CC1.I. The summed E-state index contributed by atoms with van der Waals surface area (Å²) >= 11 is 0. The molecule has 5 heteroatoms. The zero-order chi connectivity index (χ0) is 15.6. The van der Waals surface area contributed by atoms with E-state index in [1.165, 1.54) is 31.5 Å². The molecule has 2 N–H and O–H groups in total. The van der Waals surface area contributed by atoms with Gasteiger partial charge in [0.2, 0.25) is 0 Å². The first-order valence-corrected chi connectivity index (χ1v) is 8.48. The van der Waals surface area contributed by atoms with Crippen LogP contribution < -0.4 is 10.6 Å². The largest absolute Gasteiger partial charge is 0.356 e. The summed E-state index contributed by atoms with van der Waals surface area (Å²) in [7, 11) is 1.83. The fourth-order valence-electron chi connectivity index (χ4n) is 2.81. The van der Waals surface area contributed by atoms with Crippen LogP contribution in [0.2, 0.25) is 0 Å². The van der Waals surface area contributed by atoms with Crippen molar-refractivity contribution in [2.24, 2.45) is 10.9 Å². The quantitative estimate of drug-likeness (QED) is 0.414. The lowest BCUT2D eigenvalue weighted by atomic mass is 9.99. The Morgan fingerprint density at radius 3 is 2.43 bits per heavy atom. The fraction of sp³-hybridized carbons (Fsp3) is 0.611. The lowest BCUT2D eigenvalue weighted by Gasteiger charge is -2.30. The molecule has 130 valence electrons. The van der Waals surface area contributed by atoms with Crippen molar-refractivity contribution < 1.29 is 0 Å². The van der Waals surface area contributed by atoms with Gasteiger partial charge in [0.15, 0.2) is 5.96 Å². The second-order valence-electron chi connectivity index (χ2n) is 6.19. The van der Waals surface area contributed by atoms with Gasteiger partial charge in [-0.3, -0.25) is 4.99 Å². The molecular formula is C18H31IN4. The summed E-state index contributed by atoms with van der Waals surface area (Å²) in [5.41, 5.74) is 1.35. The van der Waals surface area contributed by atoms with Crippen molar-refractivity contribution in [3.05, 3.63) is 35.9 Å². The van der Waals surface area contributed by atoms with E-state index >= 15 is 0 Å². The van der Waals surface area contributed by atoms with Crippen LogP contribution in [0.15, 0.2) is 35.3 Å². The Bertz CT molecular complexity index is 442. The number of piperidine rings is 1. The Morgan fingerprint density at radius 2 is 1.78 bits per heavy atom. The highest BCUT2D eigenvalue weighted by Crippen LogP contribution is 2.14. The van der Waals surface area contributed by atoms with Crippen LogP contribution in [-0.4, -0.2) is 50.6 Å². The van der Waals surface area contributed by atoms with E-state index in [-0.39, 0.29) is 24.0 Å². The van der Waals surface area contributed by atoms with Crippen molar-refractivity contribution in [3.8, 4) is 0 Å². The second-order valence-corrected chi connectivity index (χ2v) is 6.19. The van der Waals surface area contributed by atoms with Gasteiger partial charge in [0, 0.05) is 26.7 Å². The van der Waals surface area contributed by atoms with Gasteiger partial charge in [-0.15, -0.1) is 24.0 Å². The van der Waals surface area contributed by atoms with Crippen LogP contribution in [-0.2, 0) is 6.42 Å². The van der Waals surface area contributed by atoms with Crippen LogP contribution >= 0.6 is 24.0 Å². The number of likely N-dealkylation sites (tertiary alicyclic amines) is 1. The van der Waals surface area contributed by atoms with E-state index in [4.69, 9.17) is 0 Å². The smallest absolute Gasteiger partial charge is 0.191 e. The predicted molar refractivity (Wildman–Crippen MR) is 110 cm³/mol. The number of hydrogen-bond donors (Lipinski definition) is 2. The molecule has 23 heavy (non-hydrogen) atoms. The molecule has 1 aromatic carbocycles. The molecule has 1 aliphatic heterocycles. The number of guanidine groups is 1. The average Bonchev–Trinajstić information content (AvgIpc) is 2.56. The molecule has 1 aliphatic rings. The third-order valence-corrected chi connectivity index (χ3v) is 4.37. The Balaban J connectivity index is 0.00000264. The van der Waals surface area contributed by atoms with Crippen molar-refractivity contribution in [2.75, 3.05) is 39.8 Å². The van der Waals surface area contributed by atoms with Gasteiger partial charge in [-0.1, -0.05) is 37.3 Å². The summed E-state index contributed by atoms with van der Waals surface area (Å²) in [4.78, 5) is 6.84. The van der Waals surface area contributed by atoms with Crippen LogP contribution in [0, 0.1) is 5.92 Å². The Hall–Kier alpha value is -0.820. The Kier molecular flexibility index (Phi) is 10.3. The molecule has 1 saturated heterocycles. The molecule has 0 aromatic heterocycles. The molecule has 0 radical (unpaired) electrons. The number of rotatable bonds is 6. The molecule has 0 amide bonds. The van der Waals surface area contributed by atoms with Crippen molar-refractivity contribution in [3.63, 3.8) is 0 Å². The number of benzene rings is 1. The highest BCUT2D eigenvalue weighted by Gasteiger charge is 2.14. The Labute approximate surface area is 158 Å². The van der Waals surface area contributed by atoms with E-state index in [1.807, 2.05) is 7.05 Å². The van der Waals surface area contributed by atoms with Gasteiger partial charge >= 0.3 is 0 Å².